The number of aliphatic hydroxyl groups excluding tert-OH is 1. The molecule has 0 bridgehead atoms. The predicted molar refractivity (Wildman–Crippen MR) is 123 cm³/mol. The Balaban J connectivity index is 1.72. The van der Waals surface area contributed by atoms with Gasteiger partial charge in [-0.2, -0.15) is 0 Å². The van der Waals surface area contributed by atoms with Crippen molar-refractivity contribution in [3.05, 3.63) is 65.9 Å². The smallest absolute Gasteiger partial charge is 0.257 e. The maximum absolute atomic E-state index is 12.6. The van der Waals surface area contributed by atoms with Crippen LogP contribution in [-0.4, -0.2) is 29.8 Å². The van der Waals surface area contributed by atoms with E-state index in [-0.39, 0.29) is 17.6 Å². The average molecular weight is 441 g/mol. The monoisotopic (exact) mass is 440 g/mol. The number of furan rings is 1. The van der Waals surface area contributed by atoms with Gasteiger partial charge in [-0.25, -0.2) is 0 Å². The summed E-state index contributed by atoms with van der Waals surface area (Å²) in [6.07, 6.45) is 0.880. The van der Waals surface area contributed by atoms with Crippen molar-refractivity contribution in [3.8, 4) is 22.8 Å². The fourth-order valence-electron chi connectivity index (χ4n) is 2.85. The van der Waals surface area contributed by atoms with Gasteiger partial charge in [0.05, 0.1) is 19.4 Å². The third-order valence-electron chi connectivity index (χ3n) is 4.35. The van der Waals surface area contributed by atoms with Crippen LogP contribution in [0.2, 0.25) is 0 Å². The molecule has 0 aliphatic rings. The van der Waals surface area contributed by atoms with Gasteiger partial charge in [0.15, 0.2) is 5.11 Å². The van der Waals surface area contributed by atoms with Crippen LogP contribution in [0.25, 0.3) is 11.3 Å². The van der Waals surface area contributed by atoms with Gasteiger partial charge in [0, 0.05) is 11.1 Å². The largest absolute Gasteiger partial charge is 0.495 e. The highest BCUT2D eigenvalue weighted by Crippen LogP contribution is 2.31. The summed E-state index contributed by atoms with van der Waals surface area (Å²) in [5.74, 6) is 1.88. The molecule has 2 aromatic carbocycles. The molecule has 31 heavy (non-hydrogen) atoms. The Morgan fingerprint density at radius 3 is 2.71 bits per heavy atom. The Morgan fingerprint density at radius 1 is 1.16 bits per heavy atom. The number of thiocarbonyl (C=S) groups is 1. The van der Waals surface area contributed by atoms with Crippen LogP contribution >= 0.6 is 12.2 Å². The van der Waals surface area contributed by atoms with Crippen molar-refractivity contribution in [2.45, 2.75) is 20.0 Å². The van der Waals surface area contributed by atoms with Gasteiger partial charge in [0.25, 0.3) is 5.91 Å². The number of methoxy groups -OCH3 is 1. The lowest BCUT2D eigenvalue weighted by Gasteiger charge is -2.14. The second-order valence-electron chi connectivity index (χ2n) is 6.62. The van der Waals surface area contributed by atoms with Crippen molar-refractivity contribution in [2.75, 3.05) is 19.0 Å². The van der Waals surface area contributed by atoms with Crippen molar-refractivity contribution >= 4 is 28.9 Å². The first-order valence-electron chi connectivity index (χ1n) is 9.77. The van der Waals surface area contributed by atoms with Crippen LogP contribution in [0.5, 0.6) is 11.5 Å². The van der Waals surface area contributed by atoms with Gasteiger partial charge in [-0.3, -0.25) is 10.1 Å². The molecule has 0 spiro atoms. The summed E-state index contributed by atoms with van der Waals surface area (Å²) in [6, 6.07) is 15.8. The average Bonchev–Trinajstić information content (AvgIpc) is 3.27. The number of carbonyl (C=O) groups is 1. The van der Waals surface area contributed by atoms with E-state index in [1.54, 1.807) is 55.6 Å². The zero-order chi connectivity index (χ0) is 22.2. The lowest BCUT2D eigenvalue weighted by atomic mass is 10.1. The van der Waals surface area contributed by atoms with Crippen LogP contribution in [0.3, 0.4) is 0 Å². The van der Waals surface area contributed by atoms with Gasteiger partial charge in [-0.05, 0) is 67.2 Å². The Labute approximate surface area is 186 Å². The van der Waals surface area contributed by atoms with Gasteiger partial charge in [-0.1, -0.05) is 13.0 Å². The summed E-state index contributed by atoms with van der Waals surface area (Å²) in [7, 11) is 1.54. The number of hydrogen-bond acceptors (Lipinski definition) is 6. The van der Waals surface area contributed by atoms with Gasteiger partial charge in [0.2, 0.25) is 0 Å². The minimum absolute atomic E-state index is 0.121. The second kappa shape index (κ2) is 10.6. The molecule has 0 atom stereocenters. The Bertz CT molecular complexity index is 1060. The predicted octanol–water partition coefficient (Wildman–Crippen LogP) is 4.36. The maximum atomic E-state index is 12.6. The summed E-state index contributed by atoms with van der Waals surface area (Å²) in [5.41, 5.74) is 1.76. The third-order valence-corrected chi connectivity index (χ3v) is 4.55. The summed E-state index contributed by atoms with van der Waals surface area (Å²) in [4.78, 5) is 12.6. The van der Waals surface area contributed by atoms with Crippen LogP contribution in [0.1, 0.15) is 29.5 Å². The standard InChI is InChI=1S/C23H24N2O5S/c1-3-11-29-17-6-4-5-16(12-17)22(27)25-23(31)24-19-13-15(7-9-21(19)28-2)20-10-8-18(14-26)30-20/h4-10,12-13,26H,3,11,14H2,1-2H3,(H2,24,25,27,31). The van der Waals surface area contributed by atoms with E-state index in [1.165, 1.54) is 0 Å². The van der Waals surface area contributed by atoms with Crippen molar-refractivity contribution in [1.82, 2.24) is 5.32 Å². The van der Waals surface area contributed by atoms with Crippen molar-refractivity contribution in [2.24, 2.45) is 0 Å². The molecular weight excluding hydrogens is 416 g/mol. The number of ether oxygens (including phenoxy) is 2. The van der Waals surface area contributed by atoms with Gasteiger partial charge >= 0.3 is 0 Å². The first-order chi connectivity index (χ1) is 15.0. The molecule has 1 aromatic heterocycles. The molecule has 0 aliphatic carbocycles. The van der Waals surface area contributed by atoms with E-state index >= 15 is 0 Å². The van der Waals surface area contributed by atoms with E-state index in [0.29, 0.717) is 40.9 Å². The molecule has 0 unspecified atom stereocenters. The molecule has 3 rings (SSSR count). The summed E-state index contributed by atoms with van der Waals surface area (Å²) in [6.45, 7) is 2.42. The van der Waals surface area contributed by atoms with E-state index in [0.717, 1.165) is 12.0 Å². The van der Waals surface area contributed by atoms with Crippen LogP contribution in [0, 0.1) is 0 Å². The number of anilines is 1. The number of rotatable bonds is 8. The van der Waals surface area contributed by atoms with Crippen molar-refractivity contribution in [1.29, 1.82) is 0 Å². The van der Waals surface area contributed by atoms with Crippen LogP contribution in [-0.2, 0) is 6.61 Å². The van der Waals surface area contributed by atoms with E-state index in [4.69, 9.17) is 26.1 Å². The molecule has 0 fully saturated rings. The van der Waals surface area contributed by atoms with E-state index < -0.39 is 0 Å². The zero-order valence-corrected chi connectivity index (χ0v) is 18.1. The summed E-state index contributed by atoms with van der Waals surface area (Å²) in [5, 5.41) is 15.0. The maximum Gasteiger partial charge on any atom is 0.257 e. The summed E-state index contributed by atoms with van der Waals surface area (Å²) >= 11 is 5.32. The summed E-state index contributed by atoms with van der Waals surface area (Å²) < 4.78 is 16.5. The Kier molecular flexibility index (Phi) is 7.64. The number of amides is 1. The quantitative estimate of drug-likeness (QED) is 0.448. The van der Waals surface area contributed by atoms with E-state index in [2.05, 4.69) is 10.6 Å². The third kappa shape index (κ3) is 5.84. The first kappa shape index (κ1) is 22.3. The number of benzene rings is 2. The zero-order valence-electron chi connectivity index (χ0n) is 17.3. The Morgan fingerprint density at radius 2 is 2.00 bits per heavy atom. The van der Waals surface area contributed by atoms with Gasteiger partial charge in [0.1, 0.15) is 29.6 Å². The van der Waals surface area contributed by atoms with Crippen LogP contribution < -0.4 is 20.1 Å². The number of hydrogen-bond donors (Lipinski definition) is 3. The molecule has 0 aliphatic heterocycles. The lowest BCUT2D eigenvalue weighted by Crippen LogP contribution is -2.34. The van der Waals surface area contributed by atoms with Gasteiger partial charge in [-0.15, -0.1) is 0 Å². The fourth-order valence-corrected chi connectivity index (χ4v) is 3.06. The SMILES string of the molecule is CCCOc1cccc(C(=O)NC(=S)Nc2cc(-c3ccc(CO)o3)ccc2OC)c1. The highest BCUT2D eigenvalue weighted by molar-refractivity contribution is 7.80. The molecule has 7 nitrogen and oxygen atoms in total. The minimum Gasteiger partial charge on any atom is -0.495 e. The molecular formula is C23H24N2O5S. The molecule has 8 heteroatoms. The fraction of sp³-hybridized carbons (Fsp3) is 0.217. The number of carbonyl (C=O) groups excluding carboxylic acids is 1. The van der Waals surface area contributed by atoms with Crippen molar-refractivity contribution < 1.29 is 23.8 Å². The second-order valence-corrected chi connectivity index (χ2v) is 7.03. The van der Waals surface area contributed by atoms with E-state index in [9.17, 15) is 9.90 Å². The minimum atomic E-state index is -0.354. The normalized spacial score (nSPS) is 10.4. The lowest BCUT2D eigenvalue weighted by molar-refractivity contribution is 0.0977. The highest BCUT2D eigenvalue weighted by atomic mass is 32.1. The Hall–Kier alpha value is -3.36. The number of nitrogens with one attached hydrogen (secondary N) is 2. The van der Waals surface area contributed by atoms with Gasteiger partial charge < -0.3 is 24.3 Å². The van der Waals surface area contributed by atoms with Crippen LogP contribution in [0.4, 0.5) is 5.69 Å². The molecule has 162 valence electrons. The molecule has 3 aromatic rings. The molecule has 0 saturated carbocycles. The number of aliphatic hydroxyl groups is 1. The molecule has 1 amide bonds. The molecule has 0 saturated heterocycles. The topological polar surface area (TPSA) is 93.0 Å². The highest BCUT2D eigenvalue weighted by Gasteiger charge is 2.13. The molecule has 1 heterocycles. The van der Waals surface area contributed by atoms with Crippen molar-refractivity contribution in [3.63, 3.8) is 0 Å². The van der Waals surface area contributed by atoms with E-state index in [1.807, 2.05) is 13.0 Å². The first-order valence-corrected chi connectivity index (χ1v) is 10.2. The van der Waals surface area contributed by atoms with Crippen LogP contribution in [0.15, 0.2) is 59.0 Å². The molecule has 3 N–H and O–H groups in total. The molecule has 0 radical (unpaired) electrons.